The number of aryl methyl sites for hydroxylation is 2. The Labute approximate surface area is 188 Å². The standard InChI is InChI=1S/C23H28N2O6S/c1-15-10-11-19(12-16(15)2)32(29,30)25-14-18(26)13-20(25)23(28)31-21(22(27)24(3)4)17-8-6-5-7-9-17/h5-12,18,20-21,26H,13-14H2,1-4H3/t18?,20-,21?/m0/s1. The fraction of sp³-hybridized carbons (Fsp3) is 0.391. The number of hydrogen-bond donors (Lipinski definition) is 1. The minimum atomic E-state index is -4.06. The van der Waals surface area contributed by atoms with Gasteiger partial charge in [-0.05, 0) is 37.1 Å². The molecule has 0 aliphatic carbocycles. The third-order valence-corrected chi connectivity index (χ3v) is 7.46. The highest BCUT2D eigenvalue weighted by Crippen LogP contribution is 2.30. The molecular weight excluding hydrogens is 432 g/mol. The third kappa shape index (κ3) is 4.85. The Morgan fingerprint density at radius 1 is 1.09 bits per heavy atom. The molecule has 3 atom stereocenters. The van der Waals surface area contributed by atoms with Crippen LogP contribution in [-0.4, -0.2) is 67.4 Å². The van der Waals surface area contributed by atoms with E-state index in [0.717, 1.165) is 15.4 Å². The predicted molar refractivity (Wildman–Crippen MR) is 118 cm³/mol. The van der Waals surface area contributed by atoms with E-state index >= 15 is 0 Å². The number of carbonyl (C=O) groups excluding carboxylic acids is 2. The van der Waals surface area contributed by atoms with Crippen molar-refractivity contribution in [1.82, 2.24) is 9.21 Å². The monoisotopic (exact) mass is 460 g/mol. The van der Waals surface area contributed by atoms with Crippen molar-refractivity contribution < 1.29 is 27.9 Å². The van der Waals surface area contributed by atoms with Crippen molar-refractivity contribution in [1.29, 1.82) is 0 Å². The van der Waals surface area contributed by atoms with Crippen molar-refractivity contribution in [2.45, 2.75) is 43.4 Å². The van der Waals surface area contributed by atoms with Crippen LogP contribution in [0.5, 0.6) is 0 Å². The molecule has 2 aromatic rings. The van der Waals surface area contributed by atoms with Gasteiger partial charge >= 0.3 is 5.97 Å². The first-order chi connectivity index (χ1) is 15.0. The van der Waals surface area contributed by atoms with Crippen LogP contribution in [0.3, 0.4) is 0 Å². The first kappa shape index (κ1) is 23.9. The number of hydrogen-bond acceptors (Lipinski definition) is 6. The third-order valence-electron chi connectivity index (χ3n) is 5.59. The van der Waals surface area contributed by atoms with Gasteiger partial charge in [0.2, 0.25) is 16.1 Å². The minimum Gasteiger partial charge on any atom is -0.446 e. The van der Waals surface area contributed by atoms with Crippen molar-refractivity contribution in [3.8, 4) is 0 Å². The number of aliphatic hydroxyl groups excluding tert-OH is 1. The average Bonchev–Trinajstić information content (AvgIpc) is 3.16. The zero-order chi connectivity index (χ0) is 23.6. The number of benzene rings is 2. The summed E-state index contributed by atoms with van der Waals surface area (Å²) in [6, 6.07) is 12.0. The molecule has 1 N–H and O–H groups in total. The molecule has 0 spiro atoms. The maximum absolute atomic E-state index is 13.3. The largest absolute Gasteiger partial charge is 0.446 e. The van der Waals surface area contributed by atoms with Gasteiger partial charge in [-0.3, -0.25) is 9.59 Å². The highest BCUT2D eigenvalue weighted by molar-refractivity contribution is 7.89. The number of carbonyl (C=O) groups is 2. The predicted octanol–water partition coefficient (Wildman–Crippen LogP) is 1.80. The molecule has 1 heterocycles. The average molecular weight is 461 g/mol. The van der Waals surface area contributed by atoms with Crippen molar-refractivity contribution in [2.24, 2.45) is 0 Å². The minimum absolute atomic E-state index is 0.0384. The normalized spacial score (nSPS) is 20.0. The van der Waals surface area contributed by atoms with Crippen molar-refractivity contribution >= 4 is 21.9 Å². The number of ether oxygens (including phenoxy) is 1. The van der Waals surface area contributed by atoms with E-state index in [0.29, 0.717) is 5.56 Å². The lowest BCUT2D eigenvalue weighted by molar-refractivity contribution is -0.162. The van der Waals surface area contributed by atoms with Crippen LogP contribution in [0, 0.1) is 13.8 Å². The van der Waals surface area contributed by atoms with Gasteiger partial charge in [0.05, 0.1) is 11.0 Å². The summed E-state index contributed by atoms with van der Waals surface area (Å²) in [5.41, 5.74) is 2.21. The number of β-amino-alcohol motifs (C(OH)–C–C–N with tert-alkyl or cyclic N) is 1. The van der Waals surface area contributed by atoms with Gasteiger partial charge in [0.1, 0.15) is 6.04 Å². The van der Waals surface area contributed by atoms with Crippen LogP contribution in [0.1, 0.15) is 29.2 Å². The van der Waals surface area contributed by atoms with E-state index in [1.54, 1.807) is 63.5 Å². The molecule has 1 aliphatic rings. The number of aliphatic hydroxyl groups is 1. The molecule has 1 amide bonds. The van der Waals surface area contributed by atoms with Gasteiger partial charge in [0.25, 0.3) is 5.91 Å². The second-order valence-corrected chi connectivity index (χ2v) is 10.1. The maximum atomic E-state index is 13.3. The maximum Gasteiger partial charge on any atom is 0.325 e. The Morgan fingerprint density at radius 3 is 2.34 bits per heavy atom. The van der Waals surface area contributed by atoms with E-state index in [1.165, 1.54) is 11.0 Å². The van der Waals surface area contributed by atoms with Crippen LogP contribution in [0.2, 0.25) is 0 Å². The van der Waals surface area contributed by atoms with Crippen molar-refractivity contribution in [3.63, 3.8) is 0 Å². The smallest absolute Gasteiger partial charge is 0.325 e. The van der Waals surface area contributed by atoms with Crippen molar-refractivity contribution in [2.75, 3.05) is 20.6 Å². The topological polar surface area (TPSA) is 104 Å². The van der Waals surface area contributed by atoms with Gasteiger partial charge in [-0.25, -0.2) is 8.42 Å². The fourth-order valence-corrected chi connectivity index (χ4v) is 5.30. The van der Waals surface area contributed by atoms with Crippen LogP contribution < -0.4 is 0 Å². The SMILES string of the molecule is Cc1ccc(S(=O)(=O)N2CC(O)C[C@H]2C(=O)OC(C(=O)N(C)C)c2ccccc2)cc1C. The Balaban J connectivity index is 1.91. The number of amides is 1. The quantitative estimate of drug-likeness (QED) is 0.660. The van der Waals surface area contributed by atoms with Crippen molar-refractivity contribution in [3.05, 3.63) is 65.2 Å². The van der Waals surface area contributed by atoms with Crippen LogP contribution in [0.4, 0.5) is 0 Å². The Bertz CT molecular complexity index is 1100. The summed E-state index contributed by atoms with van der Waals surface area (Å²) in [5, 5.41) is 10.2. The van der Waals surface area contributed by atoms with Crippen LogP contribution in [0.15, 0.2) is 53.4 Å². The molecule has 3 rings (SSSR count). The van der Waals surface area contributed by atoms with Crippen LogP contribution >= 0.6 is 0 Å². The summed E-state index contributed by atoms with van der Waals surface area (Å²) >= 11 is 0. The van der Waals surface area contributed by atoms with Crippen LogP contribution in [0.25, 0.3) is 0 Å². The highest BCUT2D eigenvalue weighted by Gasteiger charge is 2.45. The van der Waals surface area contributed by atoms with E-state index in [4.69, 9.17) is 4.74 Å². The molecule has 32 heavy (non-hydrogen) atoms. The van der Waals surface area contributed by atoms with Crippen LogP contribution in [-0.2, 0) is 24.3 Å². The zero-order valence-corrected chi connectivity index (χ0v) is 19.4. The van der Waals surface area contributed by atoms with Gasteiger partial charge in [0, 0.05) is 32.6 Å². The molecule has 0 bridgehead atoms. The summed E-state index contributed by atoms with van der Waals surface area (Å²) in [5.74, 6) is -1.33. The van der Waals surface area contributed by atoms with Gasteiger partial charge in [-0.1, -0.05) is 36.4 Å². The lowest BCUT2D eigenvalue weighted by Crippen LogP contribution is -2.43. The molecule has 2 aromatic carbocycles. The lowest BCUT2D eigenvalue weighted by Gasteiger charge is -2.26. The second-order valence-electron chi connectivity index (χ2n) is 8.19. The van der Waals surface area contributed by atoms with E-state index < -0.39 is 40.1 Å². The molecule has 172 valence electrons. The van der Waals surface area contributed by atoms with E-state index in [-0.39, 0.29) is 17.9 Å². The Kier molecular flexibility index (Phi) is 7.02. The molecule has 1 fully saturated rings. The highest BCUT2D eigenvalue weighted by atomic mass is 32.2. The first-order valence-electron chi connectivity index (χ1n) is 10.3. The number of sulfonamides is 1. The Morgan fingerprint density at radius 2 is 1.75 bits per heavy atom. The molecule has 0 saturated carbocycles. The van der Waals surface area contributed by atoms with Gasteiger partial charge in [-0.15, -0.1) is 0 Å². The zero-order valence-electron chi connectivity index (χ0n) is 18.6. The Hall–Kier alpha value is -2.75. The summed E-state index contributed by atoms with van der Waals surface area (Å²) in [4.78, 5) is 27.1. The van der Waals surface area contributed by atoms with E-state index in [1.807, 2.05) is 6.92 Å². The van der Waals surface area contributed by atoms with Gasteiger partial charge in [-0.2, -0.15) is 4.31 Å². The molecule has 8 nitrogen and oxygen atoms in total. The van der Waals surface area contributed by atoms with Gasteiger partial charge < -0.3 is 14.7 Å². The molecule has 1 aliphatic heterocycles. The number of rotatable bonds is 6. The fourth-order valence-electron chi connectivity index (χ4n) is 3.59. The molecule has 0 aromatic heterocycles. The molecular formula is C23H28N2O6S. The number of nitrogens with zero attached hydrogens (tertiary/aromatic N) is 2. The summed E-state index contributed by atoms with van der Waals surface area (Å²) < 4.78 is 33.1. The van der Waals surface area contributed by atoms with Gasteiger partial charge in [0.15, 0.2) is 0 Å². The lowest BCUT2D eigenvalue weighted by atomic mass is 10.1. The molecule has 0 radical (unpaired) electrons. The summed E-state index contributed by atoms with van der Waals surface area (Å²) in [7, 11) is -0.978. The van der Waals surface area contributed by atoms with E-state index in [9.17, 15) is 23.1 Å². The summed E-state index contributed by atoms with van der Waals surface area (Å²) in [6.07, 6.45) is -2.35. The summed E-state index contributed by atoms with van der Waals surface area (Å²) in [6.45, 7) is 3.44. The molecule has 9 heteroatoms. The molecule has 2 unspecified atom stereocenters. The number of likely N-dealkylation sites (N-methyl/N-ethyl adjacent to an activating group) is 1. The second kappa shape index (κ2) is 9.40. The van der Waals surface area contributed by atoms with E-state index in [2.05, 4.69) is 0 Å². The molecule has 1 saturated heterocycles. The first-order valence-corrected chi connectivity index (χ1v) is 11.7. The number of esters is 1.